The second kappa shape index (κ2) is 9.43. The average Bonchev–Trinajstić information content (AvgIpc) is 2.94. The number of ether oxygens (including phenoxy) is 2. The predicted octanol–water partition coefficient (Wildman–Crippen LogP) is 5.21. The molecule has 0 unspecified atom stereocenters. The Hall–Kier alpha value is -2.35. The van der Waals surface area contributed by atoms with E-state index in [2.05, 4.69) is 0 Å². The Morgan fingerprint density at radius 3 is 2.55 bits per heavy atom. The third-order valence-electron chi connectivity index (χ3n) is 3.92. The van der Waals surface area contributed by atoms with Crippen LogP contribution in [0, 0.1) is 0 Å². The van der Waals surface area contributed by atoms with E-state index in [1.807, 2.05) is 0 Å². The molecule has 1 fully saturated rings. The minimum Gasteiger partial charge on any atom is -0.503 e. The lowest BCUT2D eigenvalue weighted by atomic mass is 10.2. The number of hydrogen-bond donors (Lipinski definition) is 1. The zero-order chi connectivity index (χ0) is 21.0. The number of rotatable bonds is 7. The molecule has 0 aliphatic carbocycles. The van der Waals surface area contributed by atoms with E-state index in [1.165, 1.54) is 6.07 Å². The standard InChI is InChI=1S/C20H17Cl2NO5S/c1-2-27-16-10-12(9-15(22)18(16)24)11-17-19(25)23(20(26)29-17)7-8-28-14-5-3-13(21)4-6-14/h3-6,9-11,24H,2,7-8H2,1H3/b17-11-. The number of aromatic hydroxyl groups is 1. The molecule has 9 heteroatoms. The van der Waals surface area contributed by atoms with Gasteiger partial charge in [-0.3, -0.25) is 14.5 Å². The Labute approximate surface area is 182 Å². The number of amides is 2. The minimum atomic E-state index is -0.415. The molecular weight excluding hydrogens is 437 g/mol. The number of benzene rings is 2. The maximum absolute atomic E-state index is 12.6. The molecule has 6 nitrogen and oxygen atoms in total. The molecule has 1 N–H and O–H groups in total. The van der Waals surface area contributed by atoms with Crippen molar-refractivity contribution < 1.29 is 24.2 Å². The molecule has 29 heavy (non-hydrogen) atoms. The van der Waals surface area contributed by atoms with Crippen molar-refractivity contribution in [3.63, 3.8) is 0 Å². The van der Waals surface area contributed by atoms with Crippen molar-refractivity contribution in [3.05, 3.63) is 56.9 Å². The first-order valence-corrected chi connectivity index (χ1v) is 10.3. The average molecular weight is 454 g/mol. The van der Waals surface area contributed by atoms with Gasteiger partial charge in [-0.05, 0) is 66.7 Å². The summed E-state index contributed by atoms with van der Waals surface area (Å²) in [5.74, 6) is 0.223. The van der Waals surface area contributed by atoms with Gasteiger partial charge in [0, 0.05) is 5.02 Å². The summed E-state index contributed by atoms with van der Waals surface area (Å²) in [4.78, 5) is 26.2. The summed E-state index contributed by atoms with van der Waals surface area (Å²) in [7, 11) is 0. The molecule has 3 rings (SSSR count). The number of halogens is 2. The molecule has 0 aromatic heterocycles. The number of nitrogens with zero attached hydrogens (tertiary/aromatic N) is 1. The summed E-state index contributed by atoms with van der Waals surface area (Å²) >= 11 is 12.7. The first-order valence-electron chi connectivity index (χ1n) is 8.68. The van der Waals surface area contributed by atoms with Gasteiger partial charge in [-0.15, -0.1) is 0 Å². The summed E-state index contributed by atoms with van der Waals surface area (Å²) in [6.45, 7) is 2.40. The number of phenols is 1. The second-order valence-electron chi connectivity index (χ2n) is 5.92. The van der Waals surface area contributed by atoms with Crippen LogP contribution < -0.4 is 9.47 Å². The minimum absolute atomic E-state index is 0.0952. The summed E-state index contributed by atoms with van der Waals surface area (Å²) in [5, 5.41) is 10.2. The third kappa shape index (κ3) is 5.18. The van der Waals surface area contributed by atoms with Crippen LogP contribution >= 0.6 is 35.0 Å². The zero-order valence-electron chi connectivity index (χ0n) is 15.4. The van der Waals surface area contributed by atoms with Crippen LogP contribution in [0.2, 0.25) is 10.0 Å². The fourth-order valence-corrected chi connectivity index (χ4v) is 3.78. The lowest BCUT2D eigenvalue weighted by Crippen LogP contribution is -2.32. The van der Waals surface area contributed by atoms with E-state index in [-0.39, 0.29) is 39.8 Å². The molecule has 0 atom stereocenters. The number of imide groups is 1. The van der Waals surface area contributed by atoms with Crippen molar-refractivity contribution in [2.24, 2.45) is 0 Å². The summed E-state index contributed by atoms with van der Waals surface area (Å²) < 4.78 is 10.9. The van der Waals surface area contributed by atoms with Crippen molar-refractivity contribution >= 4 is 52.2 Å². The molecule has 2 aromatic carbocycles. The fraction of sp³-hybridized carbons (Fsp3) is 0.200. The molecule has 1 aliphatic heterocycles. The highest BCUT2D eigenvalue weighted by Gasteiger charge is 2.34. The van der Waals surface area contributed by atoms with Gasteiger partial charge in [0.15, 0.2) is 11.5 Å². The highest BCUT2D eigenvalue weighted by molar-refractivity contribution is 8.18. The van der Waals surface area contributed by atoms with Crippen molar-refractivity contribution in [1.29, 1.82) is 0 Å². The maximum Gasteiger partial charge on any atom is 0.293 e. The number of carbonyl (C=O) groups excluding carboxylic acids is 2. The Morgan fingerprint density at radius 1 is 1.14 bits per heavy atom. The van der Waals surface area contributed by atoms with Crippen LogP contribution in [-0.4, -0.2) is 40.9 Å². The van der Waals surface area contributed by atoms with Crippen molar-refractivity contribution in [2.75, 3.05) is 19.8 Å². The van der Waals surface area contributed by atoms with Crippen molar-refractivity contribution in [1.82, 2.24) is 4.90 Å². The fourth-order valence-electron chi connectivity index (χ4n) is 2.57. The summed E-state index contributed by atoms with van der Waals surface area (Å²) in [5.41, 5.74) is 0.541. The SMILES string of the molecule is CCOc1cc(/C=C2\SC(=O)N(CCOc3ccc(Cl)cc3)C2=O)cc(Cl)c1O. The molecule has 152 valence electrons. The molecule has 1 saturated heterocycles. The molecule has 2 aromatic rings. The molecular formula is C20H17Cl2NO5S. The predicted molar refractivity (Wildman–Crippen MR) is 114 cm³/mol. The Balaban J connectivity index is 1.69. The number of hydrogen-bond acceptors (Lipinski definition) is 6. The Bertz CT molecular complexity index is 962. The topological polar surface area (TPSA) is 76.1 Å². The smallest absolute Gasteiger partial charge is 0.293 e. The lowest BCUT2D eigenvalue weighted by molar-refractivity contribution is -0.123. The number of phenolic OH excluding ortho intramolecular Hbond substituents is 1. The first kappa shape index (κ1) is 21.4. The van der Waals surface area contributed by atoms with Crippen LogP contribution in [0.4, 0.5) is 4.79 Å². The van der Waals surface area contributed by atoms with Crippen LogP contribution in [0.25, 0.3) is 6.08 Å². The summed E-state index contributed by atoms with van der Waals surface area (Å²) in [6, 6.07) is 9.86. The van der Waals surface area contributed by atoms with Crippen LogP contribution in [0.5, 0.6) is 17.2 Å². The van der Waals surface area contributed by atoms with Crippen LogP contribution in [0.15, 0.2) is 41.3 Å². The third-order valence-corrected chi connectivity index (χ3v) is 5.37. The van der Waals surface area contributed by atoms with E-state index in [1.54, 1.807) is 43.3 Å². The van der Waals surface area contributed by atoms with Gasteiger partial charge in [0.25, 0.3) is 11.1 Å². The van der Waals surface area contributed by atoms with Gasteiger partial charge in [-0.2, -0.15) is 0 Å². The molecule has 1 heterocycles. The van der Waals surface area contributed by atoms with Gasteiger partial charge in [-0.25, -0.2) is 0 Å². The molecule has 0 bridgehead atoms. The number of thioether (sulfide) groups is 1. The monoisotopic (exact) mass is 453 g/mol. The normalized spacial score (nSPS) is 15.3. The van der Waals surface area contributed by atoms with E-state index in [4.69, 9.17) is 32.7 Å². The molecule has 0 spiro atoms. The van der Waals surface area contributed by atoms with E-state index >= 15 is 0 Å². The van der Waals surface area contributed by atoms with Gasteiger partial charge in [0.1, 0.15) is 12.4 Å². The number of carbonyl (C=O) groups is 2. The van der Waals surface area contributed by atoms with Gasteiger partial charge >= 0.3 is 0 Å². The van der Waals surface area contributed by atoms with Gasteiger partial charge in [-0.1, -0.05) is 23.2 Å². The van der Waals surface area contributed by atoms with E-state index in [0.717, 1.165) is 16.7 Å². The van der Waals surface area contributed by atoms with E-state index in [0.29, 0.717) is 22.9 Å². The quantitative estimate of drug-likeness (QED) is 0.579. The maximum atomic E-state index is 12.6. The van der Waals surface area contributed by atoms with Gasteiger partial charge in [0.05, 0.1) is 23.1 Å². The zero-order valence-corrected chi connectivity index (χ0v) is 17.7. The van der Waals surface area contributed by atoms with Crippen LogP contribution in [0.3, 0.4) is 0 Å². The summed E-state index contributed by atoms with van der Waals surface area (Å²) in [6.07, 6.45) is 1.54. The van der Waals surface area contributed by atoms with E-state index < -0.39 is 5.91 Å². The Morgan fingerprint density at radius 2 is 1.86 bits per heavy atom. The largest absolute Gasteiger partial charge is 0.503 e. The van der Waals surface area contributed by atoms with Crippen LogP contribution in [-0.2, 0) is 4.79 Å². The molecule has 0 saturated carbocycles. The Kier molecular flexibility index (Phi) is 6.95. The lowest BCUT2D eigenvalue weighted by Gasteiger charge is -2.13. The van der Waals surface area contributed by atoms with Crippen molar-refractivity contribution in [2.45, 2.75) is 6.92 Å². The highest BCUT2D eigenvalue weighted by Crippen LogP contribution is 2.38. The second-order valence-corrected chi connectivity index (χ2v) is 7.76. The van der Waals surface area contributed by atoms with E-state index in [9.17, 15) is 14.7 Å². The first-order chi connectivity index (χ1) is 13.9. The molecule has 0 radical (unpaired) electrons. The van der Waals surface area contributed by atoms with Crippen LogP contribution in [0.1, 0.15) is 12.5 Å². The van der Waals surface area contributed by atoms with Crippen molar-refractivity contribution in [3.8, 4) is 17.2 Å². The van der Waals surface area contributed by atoms with Gasteiger partial charge in [0.2, 0.25) is 0 Å². The van der Waals surface area contributed by atoms with Gasteiger partial charge < -0.3 is 14.6 Å². The molecule has 2 amide bonds. The molecule has 1 aliphatic rings. The highest BCUT2D eigenvalue weighted by atomic mass is 35.5.